The summed E-state index contributed by atoms with van der Waals surface area (Å²) in [6.45, 7) is 4.30. The topological polar surface area (TPSA) is 52.2 Å². The summed E-state index contributed by atoms with van der Waals surface area (Å²) in [4.78, 5) is 16.2. The first-order chi connectivity index (χ1) is 15.7. The Morgan fingerprint density at radius 1 is 1.09 bits per heavy atom. The third-order valence-electron chi connectivity index (χ3n) is 6.33. The summed E-state index contributed by atoms with van der Waals surface area (Å²) in [6, 6.07) is 8.11. The molecule has 0 radical (unpaired) electrons. The van der Waals surface area contributed by atoms with E-state index >= 15 is 0 Å². The quantitative estimate of drug-likeness (QED) is 0.224. The van der Waals surface area contributed by atoms with Crippen LogP contribution in [0.3, 0.4) is 0 Å². The Labute approximate surface area is 196 Å². The molecule has 0 spiro atoms. The second-order valence-electron chi connectivity index (χ2n) is 8.75. The van der Waals surface area contributed by atoms with E-state index in [2.05, 4.69) is 40.6 Å². The minimum Gasteiger partial charge on any atom is -0.268 e. The van der Waals surface area contributed by atoms with E-state index in [9.17, 15) is 4.79 Å². The average molecular weight is 467 g/mol. The summed E-state index contributed by atoms with van der Waals surface area (Å²) >= 11 is 3.54. The van der Waals surface area contributed by atoms with E-state index in [-0.39, 0.29) is 5.56 Å². The van der Waals surface area contributed by atoms with Crippen LogP contribution in [-0.2, 0) is 12.8 Å². The fourth-order valence-electron chi connectivity index (χ4n) is 4.68. The highest BCUT2D eigenvalue weighted by molar-refractivity contribution is 7.99. The van der Waals surface area contributed by atoms with Gasteiger partial charge in [0.2, 0.25) is 5.78 Å². The lowest BCUT2D eigenvalue weighted by Gasteiger charge is -2.12. The molecule has 3 heterocycles. The van der Waals surface area contributed by atoms with Gasteiger partial charge in [-0.15, -0.1) is 21.5 Å². The van der Waals surface area contributed by atoms with Crippen LogP contribution in [0.4, 0.5) is 0 Å². The number of nitrogens with zero attached hydrogens (tertiary/aromatic N) is 4. The van der Waals surface area contributed by atoms with Crippen LogP contribution in [0.1, 0.15) is 67.9 Å². The molecule has 5 nitrogen and oxygen atoms in total. The second-order valence-corrected chi connectivity index (χ2v) is 10.9. The summed E-state index contributed by atoms with van der Waals surface area (Å²) < 4.78 is 3.92. The van der Waals surface area contributed by atoms with Crippen LogP contribution >= 0.6 is 23.1 Å². The van der Waals surface area contributed by atoms with Gasteiger partial charge in [0.15, 0.2) is 5.16 Å². The number of rotatable bonds is 8. The molecule has 168 valence electrons. The van der Waals surface area contributed by atoms with Gasteiger partial charge in [-0.2, -0.15) is 0 Å². The molecule has 1 aromatic carbocycles. The van der Waals surface area contributed by atoms with Crippen molar-refractivity contribution in [3.8, 4) is 5.69 Å². The number of fused-ring (bicyclic) bond motifs is 5. The van der Waals surface area contributed by atoms with Crippen molar-refractivity contribution in [2.24, 2.45) is 0 Å². The second kappa shape index (κ2) is 9.40. The maximum Gasteiger partial charge on any atom is 0.268 e. The van der Waals surface area contributed by atoms with Crippen molar-refractivity contribution in [3.63, 3.8) is 0 Å². The molecule has 0 saturated heterocycles. The van der Waals surface area contributed by atoms with Crippen molar-refractivity contribution in [3.05, 3.63) is 50.6 Å². The molecule has 0 bridgehead atoms. The molecule has 4 aromatic rings. The van der Waals surface area contributed by atoms with Crippen molar-refractivity contribution in [2.45, 2.75) is 76.8 Å². The number of hydrogen-bond acceptors (Lipinski definition) is 5. The van der Waals surface area contributed by atoms with E-state index in [0.29, 0.717) is 5.78 Å². The largest absolute Gasteiger partial charge is 0.268 e. The van der Waals surface area contributed by atoms with E-state index in [1.807, 2.05) is 12.1 Å². The van der Waals surface area contributed by atoms with Crippen LogP contribution in [0.15, 0.2) is 34.2 Å². The summed E-state index contributed by atoms with van der Waals surface area (Å²) in [5, 5.41) is 10.9. The fourth-order valence-corrected chi connectivity index (χ4v) is 7.05. The van der Waals surface area contributed by atoms with E-state index < -0.39 is 0 Å². The maximum absolute atomic E-state index is 13.8. The number of aryl methyl sites for hydroxylation is 3. The van der Waals surface area contributed by atoms with Crippen LogP contribution < -0.4 is 5.56 Å². The molecule has 0 atom stereocenters. The summed E-state index contributed by atoms with van der Waals surface area (Å²) in [5.74, 6) is 1.65. The molecule has 0 N–H and O–H groups in total. The van der Waals surface area contributed by atoms with Gasteiger partial charge in [0.05, 0.1) is 11.1 Å². The Balaban J connectivity index is 1.65. The minimum absolute atomic E-state index is 0.0426. The predicted octanol–water partition coefficient (Wildman–Crippen LogP) is 6.34. The number of thiophene rings is 1. The normalized spacial score (nSPS) is 13.8. The minimum atomic E-state index is 0.0426. The Hall–Kier alpha value is -2.12. The van der Waals surface area contributed by atoms with Crippen LogP contribution in [0.25, 0.3) is 21.7 Å². The number of thioether (sulfide) groups is 1. The lowest BCUT2D eigenvalue weighted by Crippen LogP contribution is -2.22. The van der Waals surface area contributed by atoms with Crippen LogP contribution in [0, 0.1) is 6.92 Å². The van der Waals surface area contributed by atoms with Gasteiger partial charge in [-0.25, -0.2) is 8.97 Å². The predicted molar refractivity (Wildman–Crippen MR) is 135 cm³/mol. The Morgan fingerprint density at radius 3 is 2.78 bits per heavy atom. The Kier molecular flexibility index (Phi) is 6.37. The average Bonchev–Trinajstić information content (AvgIpc) is 3.38. The molecule has 32 heavy (non-hydrogen) atoms. The van der Waals surface area contributed by atoms with Gasteiger partial charge in [0, 0.05) is 10.6 Å². The first-order valence-corrected chi connectivity index (χ1v) is 13.6. The van der Waals surface area contributed by atoms with E-state index in [4.69, 9.17) is 0 Å². The van der Waals surface area contributed by atoms with Crippen LogP contribution in [0.2, 0.25) is 0 Å². The van der Waals surface area contributed by atoms with Crippen molar-refractivity contribution in [1.29, 1.82) is 0 Å². The molecule has 0 unspecified atom stereocenters. The van der Waals surface area contributed by atoms with Crippen molar-refractivity contribution >= 4 is 39.1 Å². The number of aromatic nitrogens is 4. The highest BCUT2D eigenvalue weighted by Crippen LogP contribution is 2.36. The molecule has 1 aliphatic rings. The van der Waals surface area contributed by atoms with Crippen molar-refractivity contribution in [1.82, 2.24) is 19.2 Å². The van der Waals surface area contributed by atoms with Crippen molar-refractivity contribution in [2.75, 3.05) is 5.75 Å². The highest BCUT2D eigenvalue weighted by Gasteiger charge is 2.25. The van der Waals surface area contributed by atoms with E-state index in [1.54, 1.807) is 27.7 Å². The number of benzene rings is 1. The molecule has 0 amide bonds. The van der Waals surface area contributed by atoms with Crippen molar-refractivity contribution < 1.29 is 0 Å². The van der Waals surface area contributed by atoms with Gasteiger partial charge in [0.1, 0.15) is 4.83 Å². The van der Waals surface area contributed by atoms with E-state index in [1.165, 1.54) is 49.0 Å². The first kappa shape index (κ1) is 21.7. The van der Waals surface area contributed by atoms with Gasteiger partial charge in [-0.1, -0.05) is 56.5 Å². The third-order valence-corrected chi connectivity index (χ3v) is 8.62. The first-order valence-electron chi connectivity index (χ1n) is 11.8. The van der Waals surface area contributed by atoms with Gasteiger partial charge in [-0.05, 0) is 62.3 Å². The maximum atomic E-state index is 13.8. The lowest BCUT2D eigenvalue weighted by molar-refractivity contribution is 0.659. The van der Waals surface area contributed by atoms with Gasteiger partial charge in [-0.3, -0.25) is 4.79 Å². The third kappa shape index (κ3) is 3.90. The molecule has 0 fully saturated rings. The molecule has 0 aliphatic heterocycles. The monoisotopic (exact) mass is 466 g/mol. The molecule has 3 aromatic heterocycles. The molecule has 5 rings (SSSR count). The zero-order valence-corrected chi connectivity index (χ0v) is 20.5. The van der Waals surface area contributed by atoms with Gasteiger partial charge in [0.25, 0.3) is 5.56 Å². The van der Waals surface area contributed by atoms with Crippen LogP contribution in [-0.4, -0.2) is 24.9 Å². The SMILES string of the molecule is CCCCCCCSc1nnc2n(-c3cccc(C)c3)c(=O)c3c4c(sc3n12)CCCC4. The van der Waals surface area contributed by atoms with Gasteiger partial charge >= 0.3 is 0 Å². The standard InChI is InChI=1S/C25H30N4OS2/c1-3-4-5-6-9-15-31-25-27-26-24-28(18-12-10-11-17(2)16-18)22(30)21-19-13-7-8-14-20(19)32-23(21)29(24)25/h10-12,16H,3-9,13-15H2,1-2H3. The summed E-state index contributed by atoms with van der Waals surface area (Å²) in [7, 11) is 0. The zero-order valence-electron chi connectivity index (χ0n) is 18.9. The summed E-state index contributed by atoms with van der Waals surface area (Å²) in [5.41, 5.74) is 3.29. The fraction of sp³-hybridized carbons (Fsp3) is 0.480. The van der Waals surface area contributed by atoms with Gasteiger partial charge < -0.3 is 0 Å². The molecule has 7 heteroatoms. The number of unbranched alkanes of at least 4 members (excludes halogenated alkanes) is 4. The van der Waals surface area contributed by atoms with Crippen LogP contribution in [0.5, 0.6) is 0 Å². The zero-order chi connectivity index (χ0) is 22.1. The highest BCUT2D eigenvalue weighted by atomic mass is 32.2. The lowest BCUT2D eigenvalue weighted by atomic mass is 9.97. The molecular formula is C25H30N4OS2. The Bertz CT molecular complexity index is 1320. The smallest absolute Gasteiger partial charge is 0.268 e. The Morgan fingerprint density at radius 2 is 1.94 bits per heavy atom. The number of hydrogen-bond donors (Lipinski definition) is 0. The summed E-state index contributed by atoms with van der Waals surface area (Å²) in [6.07, 6.45) is 10.7. The molecular weight excluding hydrogens is 436 g/mol. The molecule has 0 saturated carbocycles. The molecule has 1 aliphatic carbocycles. The van der Waals surface area contributed by atoms with E-state index in [0.717, 1.165) is 51.6 Å².